The number of aromatic nitrogens is 2. The predicted octanol–water partition coefficient (Wildman–Crippen LogP) is 4.10. The zero-order valence-corrected chi connectivity index (χ0v) is 14.4. The van der Waals surface area contributed by atoms with Crippen LogP contribution in [0.1, 0.15) is 38.3 Å². The zero-order chi connectivity index (χ0) is 15.7. The molecule has 0 radical (unpaired) electrons. The summed E-state index contributed by atoms with van der Waals surface area (Å²) in [7, 11) is 1.90. The average molecular weight is 338 g/mol. The highest BCUT2D eigenvalue weighted by atomic mass is 35.5. The molecule has 4 nitrogen and oxygen atoms in total. The number of carbonyl (C=O) groups is 1. The van der Waals surface area contributed by atoms with Crippen LogP contribution in [0.3, 0.4) is 0 Å². The topological polar surface area (TPSA) is 37.6 Å². The van der Waals surface area contributed by atoms with Crippen LogP contribution in [0.15, 0.2) is 17.7 Å². The van der Waals surface area contributed by atoms with Gasteiger partial charge >= 0.3 is 0 Å². The van der Waals surface area contributed by atoms with Gasteiger partial charge in [0.15, 0.2) is 10.1 Å². The van der Waals surface area contributed by atoms with Crippen LogP contribution >= 0.6 is 22.9 Å². The lowest BCUT2D eigenvalue weighted by Gasteiger charge is -2.35. The summed E-state index contributed by atoms with van der Waals surface area (Å²) in [5.74, 6) is 0.596. The van der Waals surface area contributed by atoms with E-state index in [1.165, 1.54) is 30.6 Å². The van der Waals surface area contributed by atoms with E-state index in [1.807, 2.05) is 27.9 Å². The fraction of sp³-hybridized carbons (Fsp3) is 0.500. The molecule has 1 fully saturated rings. The molecule has 0 aromatic carbocycles. The van der Waals surface area contributed by atoms with E-state index in [1.54, 1.807) is 12.2 Å². The Morgan fingerprint density at radius 1 is 1.50 bits per heavy atom. The molecule has 1 aliphatic carbocycles. The maximum atomic E-state index is 12.4. The first-order valence-electron chi connectivity index (χ1n) is 7.64. The van der Waals surface area contributed by atoms with Gasteiger partial charge in [-0.05, 0) is 24.8 Å². The Labute approximate surface area is 139 Å². The third-order valence-electron chi connectivity index (χ3n) is 4.55. The Hall–Kier alpha value is -1.33. The first-order valence-corrected chi connectivity index (χ1v) is 8.89. The van der Waals surface area contributed by atoms with Crippen molar-refractivity contribution in [3.05, 3.63) is 28.5 Å². The molecule has 22 heavy (non-hydrogen) atoms. The maximum Gasteiger partial charge on any atom is 0.246 e. The van der Waals surface area contributed by atoms with Crippen LogP contribution in [0, 0.1) is 5.92 Å². The Morgan fingerprint density at radius 3 is 3.05 bits per heavy atom. The molecule has 0 bridgehead atoms. The van der Waals surface area contributed by atoms with Gasteiger partial charge in [0.05, 0.1) is 5.69 Å². The Balaban J connectivity index is 1.75. The number of fused-ring (bicyclic) bond motifs is 1. The van der Waals surface area contributed by atoms with Gasteiger partial charge in [-0.25, -0.2) is 4.98 Å². The number of likely N-dealkylation sites (N-methyl/N-ethyl adjacent to an activating group) is 1. The summed E-state index contributed by atoms with van der Waals surface area (Å²) >= 11 is 7.67. The molecule has 1 aliphatic rings. The van der Waals surface area contributed by atoms with E-state index in [0.717, 1.165) is 17.1 Å². The monoisotopic (exact) mass is 337 g/mol. The predicted molar refractivity (Wildman–Crippen MR) is 91.3 cm³/mol. The third kappa shape index (κ3) is 2.92. The third-order valence-corrected chi connectivity index (χ3v) is 5.58. The fourth-order valence-electron chi connectivity index (χ4n) is 3.23. The summed E-state index contributed by atoms with van der Waals surface area (Å²) < 4.78 is 1.90. The van der Waals surface area contributed by atoms with Crippen LogP contribution in [-0.2, 0) is 4.79 Å². The van der Waals surface area contributed by atoms with Crippen molar-refractivity contribution in [1.29, 1.82) is 0 Å². The molecule has 0 saturated heterocycles. The van der Waals surface area contributed by atoms with Gasteiger partial charge in [-0.2, -0.15) is 0 Å². The van der Waals surface area contributed by atoms with Gasteiger partial charge in [-0.1, -0.05) is 31.4 Å². The number of amides is 1. The minimum absolute atomic E-state index is 0.0278. The van der Waals surface area contributed by atoms with E-state index in [-0.39, 0.29) is 5.91 Å². The summed E-state index contributed by atoms with van der Waals surface area (Å²) in [5, 5.41) is 2.39. The Bertz CT molecular complexity index is 705. The van der Waals surface area contributed by atoms with E-state index in [9.17, 15) is 4.79 Å². The molecule has 1 saturated carbocycles. The Morgan fingerprint density at radius 2 is 2.27 bits per heavy atom. The number of hydrogen-bond donors (Lipinski definition) is 0. The SMILES string of the molecule is CC1CCCCC1N(C)C(=O)/C=C/c1c(Cl)nc2sccn12. The van der Waals surface area contributed by atoms with Crippen molar-refractivity contribution in [2.24, 2.45) is 5.92 Å². The van der Waals surface area contributed by atoms with E-state index < -0.39 is 0 Å². The maximum absolute atomic E-state index is 12.4. The second kappa shape index (κ2) is 6.42. The molecule has 0 N–H and O–H groups in total. The van der Waals surface area contributed by atoms with Crippen molar-refractivity contribution in [1.82, 2.24) is 14.3 Å². The van der Waals surface area contributed by atoms with Crippen molar-refractivity contribution < 1.29 is 4.79 Å². The fourth-order valence-corrected chi connectivity index (χ4v) is 4.23. The second-order valence-corrected chi connectivity index (χ2v) is 7.19. The summed E-state index contributed by atoms with van der Waals surface area (Å²) in [6.45, 7) is 2.24. The molecule has 2 aromatic rings. The quantitative estimate of drug-likeness (QED) is 0.791. The molecule has 0 aliphatic heterocycles. The first kappa shape index (κ1) is 15.6. The minimum Gasteiger partial charge on any atom is -0.339 e. The van der Waals surface area contributed by atoms with Gasteiger partial charge in [-0.3, -0.25) is 9.20 Å². The number of hydrogen-bond acceptors (Lipinski definition) is 3. The second-order valence-electron chi connectivity index (χ2n) is 5.96. The van der Waals surface area contributed by atoms with Gasteiger partial charge in [0, 0.05) is 30.7 Å². The highest BCUT2D eigenvalue weighted by molar-refractivity contribution is 7.15. The molecule has 118 valence electrons. The molecule has 1 amide bonds. The number of rotatable bonds is 3. The van der Waals surface area contributed by atoms with E-state index in [2.05, 4.69) is 11.9 Å². The number of carbonyl (C=O) groups excluding carboxylic acids is 1. The molecule has 2 atom stereocenters. The van der Waals surface area contributed by atoms with Crippen LogP contribution in [0.2, 0.25) is 5.15 Å². The smallest absolute Gasteiger partial charge is 0.246 e. The van der Waals surface area contributed by atoms with E-state index in [4.69, 9.17) is 11.6 Å². The molecular weight excluding hydrogens is 318 g/mol. The minimum atomic E-state index is 0.0278. The van der Waals surface area contributed by atoms with Crippen LogP contribution in [0.4, 0.5) is 0 Å². The largest absolute Gasteiger partial charge is 0.339 e. The van der Waals surface area contributed by atoms with Crippen LogP contribution in [0.5, 0.6) is 0 Å². The molecular formula is C16H20ClN3OS. The van der Waals surface area contributed by atoms with Crippen LogP contribution in [0.25, 0.3) is 11.0 Å². The van der Waals surface area contributed by atoms with E-state index in [0.29, 0.717) is 17.1 Å². The van der Waals surface area contributed by atoms with Gasteiger partial charge in [0.2, 0.25) is 5.91 Å². The lowest BCUT2D eigenvalue weighted by molar-refractivity contribution is -0.128. The van der Waals surface area contributed by atoms with Gasteiger partial charge in [0.25, 0.3) is 0 Å². The standard InChI is InChI=1S/C16H20ClN3OS/c1-11-5-3-4-6-12(11)19(2)14(21)8-7-13-15(17)18-16-20(13)9-10-22-16/h7-12H,3-6H2,1-2H3/b8-7+. The summed E-state index contributed by atoms with van der Waals surface area (Å²) in [4.78, 5) is 19.4. The van der Waals surface area contributed by atoms with Gasteiger partial charge in [0.1, 0.15) is 0 Å². The van der Waals surface area contributed by atoms with Crippen molar-refractivity contribution in [3.8, 4) is 0 Å². The number of imidazole rings is 1. The van der Waals surface area contributed by atoms with Gasteiger partial charge in [-0.15, -0.1) is 11.3 Å². The number of thiazole rings is 1. The molecule has 0 spiro atoms. The zero-order valence-electron chi connectivity index (χ0n) is 12.8. The van der Waals surface area contributed by atoms with Crippen molar-refractivity contribution >= 4 is 39.9 Å². The van der Waals surface area contributed by atoms with Crippen LogP contribution in [-0.4, -0.2) is 33.3 Å². The molecule has 2 aromatic heterocycles. The van der Waals surface area contributed by atoms with Gasteiger partial charge < -0.3 is 4.90 Å². The molecule has 6 heteroatoms. The lowest BCUT2D eigenvalue weighted by atomic mass is 9.85. The lowest BCUT2D eigenvalue weighted by Crippen LogP contribution is -2.41. The van der Waals surface area contributed by atoms with E-state index >= 15 is 0 Å². The number of halogens is 1. The number of nitrogens with zero attached hydrogens (tertiary/aromatic N) is 3. The van der Waals surface area contributed by atoms with Crippen molar-refractivity contribution in [2.45, 2.75) is 38.6 Å². The highest BCUT2D eigenvalue weighted by Crippen LogP contribution is 2.28. The summed E-state index contributed by atoms with van der Waals surface area (Å²) in [5.41, 5.74) is 0.761. The summed E-state index contributed by atoms with van der Waals surface area (Å²) in [6.07, 6.45) is 10.1. The van der Waals surface area contributed by atoms with Crippen molar-refractivity contribution in [2.75, 3.05) is 7.05 Å². The average Bonchev–Trinajstić information content (AvgIpc) is 3.05. The first-order chi connectivity index (χ1) is 10.6. The molecule has 2 unspecified atom stereocenters. The molecule has 2 heterocycles. The Kier molecular flexibility index (Phi) is 4.54. The highest BCUT2D eigenvalue weighted by Gasteiger charge is 2.26. The van der Waals surface area contributed by atoms with Crippen LogP contribution < -0.4 is 0 Å². The van der Waals surface area contributed by atoms with Crippen molar-refractivity contribution in [3.63, 3.8) is 0 Å². The normalized spacial score (nSPS) is 22.5. The summed E-state index contributed by atoms with van der Waals surface area (Å²) in [6, 6.07) is 0.341. The molecule has 3 rings (SSSR count).